The minimum Gasteiger partial charge on any atom is -0.457 e. The van der Waals surface area contributed by atoms with Gasteiger partial charge in [-0.3, -0.25) is 4.79 Å². The highest BCUT2D eigenvalue weighted by Crippen LogP contribution is 2.26. The summed E-state index contributed by atoms with van der Waals surface area (Å²) in [5.41, 5.74) is 0.630. The number of amides is 1. The molecular formula is C18H21N2O2+. The van der Waals surface area contributed by atoms with Crippen LogP contribution in [-0.4, -0.2) is 44.0 Å². The zero-order valence-corrected chi connectivity index (χ0v) is 12.8. The molecule has 3 rings (SSSR count). The largest absolute Gasteiger partial charge is 0.457 e. The van der Waals surface area contributed by atoms with Gasteiger partial charge in [0.2, 0.25) is 0 Å². The van der Waals surface area contributed by atoms with Crippen LogP contribution in [0.5, 0.6) is 11.5 Å². The van der Waals surface area contributed by atoms with Gasteiger partial charge in [-0.25, -0.2) is 0 Å². The highest BCUT2D eigenvalue weighted by molar-refractivity contribution is 5.97. The fourth-order valence-corrected chi connectivity index (χ4v) is 2.61. The van der Waals surface area contributed by atoms with Crippen molar-refractivity contribution in [2.45, 2.75) is 0 Å². The Bertz CT molecular complexity index is 635. The average molecular weight is 297 g/mol. The molecule has 0 saturated carbocycles. The van der Waals surface area contributed by atoms with Crippen molar-refractivity contribution in [2.75, 3.05) is 33.2 Å². The zero-order valence-electron chi connectivity index (χ0n) is 12.8. The lowest BCUT2D eigenvalue weighted by Crippen LogP contribution is -3.12. The van der Waals surface area contributed by atoms with Crippen molar-refractivity contribution in [1.82, 2.24) is 4.90 Å². The second-order valence-electron chi connectivity index (χ2n) is 5.66. The van der Waals surface area contributed by atoms with Gasteiger partial charge in [0.05, 0.1) is 38.8 Å². The summed E-state index contributed by atoms with van der Waals surface area (Å²) < 4.78 is 5.89. The van der Waals surface area contributed by atoms with Crippen LogP contribution >= 0.6 is 0 Å². The first-order valence-electron chi connectivity index (χ1n) is 7.66. The first-order valence-corrected chi connectivity index (χ1v) is 7.66. The molecule has 114 valence electrons. The average Bonchev–Trinajstić information content (AvgIpc) is 2.56. The van der Waals surface area contributed by atoms with E-state index in [1.165, 1.54) is 4.90 Å². The molecule has 4 nitrogen and oxygen atoms in total. The van der Waals surface area contributed by atoms with Crippen molar-refractivity contribution in [2.24, 2.45) is 0 Å². The predicted molar refractivity (Wildman–Crippen MR) is 85.5 cm³/mol. The van der Waals surface area contributed by atoms with Crippen LogP contribution in [0.2, 0.25) is 0 Å². The van der Waals surface area contributed by atoms with Gasteiger partial charge < -0.3 is 14.5 Å². The van der Waals surface area contributed by atoms with Gasteiger partial charge in [0.15, 0.2) is 0 Å². The van der Waals surface area contributed by atoms with Gasteiger partial charge in [0.25, 0.3) is 5.91 Å². The zero-order chi connectivity index (χ0) is 15.4. The van der Waals surface area contributed by atoms with E-state index in [2.05, 4.69) is 7.05 Å². The molecule has 4 heteroatoms. The lowest BCUT2D eigenvalue weighted by Gasteiger charge is -2.30. The van der Waals surface area contributed by atoms with E-state index in [-0.39, 0.29) is 5.91 Å². The molecule has 1 aliphatic rings. The Morgan fingerprint density at radius 3 is 2.36 bits per heavy atom. The number of benzene rings is 2. The van der Waals surface area contributed by atoms with Crippen LogP contribution in [0.25, 0.3) is 0 Å². The van der Waals surface area contributed by atoms with Crippen molar-refractivity contribution >= 4 is 5.91 Å². The molecule has 0 aliphatic carbocycles. The van der Waals surface area contributed by atoms with Gasteiger partial charge in [-0.1, -0.05) is 30.3 Å². The van der Waals surface area contributed by atoms with Crippen LogP contribution in [0.1, 0.15) is 10.4 Å². The standard InChI is InChI=1S/C18H20N2O2/c1-19-11-13-20(14-12-19)18(21)16-9-5-6-10-17(16)22-15-7-3-2-4-8-15/h2-10H,11-14H2,1H3/p+1. The van der Waals surface area contributed by atoms with Crippen molar-refractivity contribution in [1.29, 1.82) is 0 Å². The molecular weight excluding hydrogens is 276 g/mol. The number of ether oxygens (including phenoxy) is 1. The fraction of sp³-hybridized carbons (Fsp3) is 0.278. The molecule has 2 aromatic rings. The van der Waals surface area contributed by atoms with Crippen molar-refractivity contribution < 1.29 is 14.4 Å². The lowest BCUT2D eigenvalue weighted by atomic mass is 10.1. The van der Waals surface area contributed by atoms with Crippen molar-refractivity contribution in [3.63, 3.8) is 0 Å². The molecule has 0 radical (unpaired) electrons. The highest BCUT2D eigenvalue weighted by Gasteiger charge is 2.24. The molecule has 0 spiro atoms. The number of para-hydroxylation sites is 2. The molecule has 0 unspecified atom stereocenters. The Hall–Kier alpha value is -2.33. The second kappa shape index (κ2) is 6.62. The topological polar surface area (TPSA) is 34.0 Å². The van der Waals surface area contributed by atoms with Crippen LogP contribution in [-0.2, 0) is 0 Å². The Morgan fingerprint density at radius 1 is 1.00 bits per heavy atom. The summed E-state index contributed by atoms with van der Waals surface area (Å²) in [5.74, 6) is 1.41. The van der Waals surface area contributed by atoms with Crippen LogP contribution < -0.4 is 9.64 Å². The molecule has 2 aromatic carbocycles. The van der Waals surface area contributed by atoms with E-state index >= 15 is 0 Å². The Labute approximate surface area is 130 Å². The van der Waals surface area contributed by atoms with Gasteiger partial charge in [-0.15, -0.1) is 0 Å². The lowest BCUT2D eigenvalue weighted by molar-refractivity contribution is -0.883. The SMILES string of the molecule is C[NH+]1CCN(C(=O)c2ccccc2Oc2ccccc2)CC1. The van der Waals surface area contributed by atoms with Crippen LogP contribution in [0, 0.1) is 0 Å². The van der Waals surface area contributed by atoms with E-state index in [4.69, 9.17) is 4.74 Å². The number of piperazine rings is 1. The number of nitrogens with zero attached hydrogens (tertiary/aromatic N) is 1. The van der Waals surface area contributed by atoms with Crippen molar-refractivity contribution in [3.8, 4) is 11.5 Å². The normalized spacial score (nSPS) is 15.6. The second-order valence-corrected chi connectivity index (χ2v) is 5.66. The summed E-state index contributed by atoms with van der Waals surface area (Å²) in [5, 5.41) is 0. The summed E-state index contributed by atoms with van der Waals surface area (Å²) in [6, 6.07) is 17.0. The molecule has 0 aromatic heterocycles. The monoisotopic (exact) mass is 297 g/mol. The van der Waals surface area contributed by atoms with Gasteiger partial charge in [-0.05, 0) is 24.3 Å². The minimum atomic E-state index is 0.0547. The Kier molecular flexibility index (Phi) is 4.39. The maximum atomic E-state index is 12.8. The molecule has 1 fully saturated rings. The van der Waals surface area contributed by atoms with Crippen LogP contribution in [0.15, 0.2) is 54.6 Å². The van der Waals surface area contributed by atoms with E-state index in [1.54, 1.807) is 0 Å². The smallest absolute Gasteiger partial charge is 0.258 e. The number of hydrogen-bond acceptors (Lipinski definition) is 2. The predicted octanol–water partition coefficient (Wildman–Crippen LogP) is 1.45. The minimum absolute atomic E-state index is 0.0547. The quantitative estimate of drug-likeness (QED) is 0.930. The number of hydrogen-bond donors (Lipinski definition) is 1. The summed E-state index contributed by atoms with van der Waals surface area (Å²) in [7, 11) is 2.16. The van der Waals surface area contributed by atoms with Gasteiger partial charge in [0, 0.05) is 0 Å². The van der Waals surface area contributed by atoms with Gasteiger partial charge in [0.1, 0.15) is 11.5 Å². The van der Waals surface area contributed by atoms with Crippen molar-refractivity contribution in [3.05, 3.63) is 60.2 Å². The van der Waals surface area contributed by atoms with Crippen LogP contribution in [0.4, 0.5) is 0 Å². The fourth-order valence-electron chi connectivity index (χ4n) is 2.61. The van der Waals surface area contributed by atoms with E-state index in [0.29, 0.717) is 11.3 Å². The molecule has 0 bridgehead atoms. The Balaban J connectivity index is 1.80. The molecule has 1 saturated heterocycles. The summed E-state index contributed by atoms with van der Waals surface area (Å²) in [6.45, 7) is 3.58. The molecule has 1 amide bonds. The third kappa shape index (κ3) is 3.28. The highest BCUT2D eigenvalue weighted by atomic mass is 16.5. The summed E-state index contributed by atoms with van der Waals surface area (Å²) >= 11 is 0. The van der Waals surface area contributed by atoms with Gasteiger partial charge in [-0.2, -0.15) is 0 Å². The maximum absolute atomic E-state index is 12.8. The van der Waals surface area contributed by atoms with E-state index < -0.39 is 0 Å². The number of rotatable bonds is 3. The molecule has 1 N–H and O–H groups in total. The first kappa shape index (κ1) is 14.6. The molecule has 22 heavy (non-hydrogen) atoms. The summed E-state index contributed by atoms with van der Waals surface area (Å²) in [4.78, 5) is 16.1. The first-order chi connectivity index (χ1) is 10.7. The summed E-state index contributed by atoms with van der Waals surface area (Å²) in [6.07, 6.45) is 0. The van der Waals surface area contributed by atoms with E-state index in [0.717, 1.165) is 31.9 Å². The maximum Gasteiger partial charge on any atom is 0.258 e. The molecule has 0 atom stereocenters. The van der Waals surface area contributed by atoms with E-state index in [9.17, 15) is 4.79 Å². The number of likely N-dealkylation sites (N-methyl/N-ethyl adjacent to an activating group) is 1. The number of carbonyl (C=O) groups excluding carboxylic acids is 1. The third-order valence-corrected chi connectivity index (χ3v) is 3.99. The van der Waals surface area contributed by atoms with E-state index in [1.807, 2.05) is 59.5 Å². The number of carbonyl (C=O) groups is 1. The third-order valence-electron chi connectivity index (χ3n) is 3.99. The van der Waals surface area contributed by atoms with Crippen LogP contribution in [0.3, 0.4) is 0 Å². The Morgan fingerprint density at radius 2 is 1.64 bits per heavy atom. The number of nitrogens with one attached hydrogen (secondary N) is 1. The van der Waals surface area contributed by atoms with Gasteiger partial charge >= 0.3 is 0 Å². The molecule has 1 heterocycles. The number of quaternary nitrogens is 1. The molecule has 1 aliphatic heterocycles.